The zero-order valence-electron chi connectivity index (χ0n) is 13.2. The van der Waals surface area contributed by atoms with Gasteiger partial charge >= 0.3 is 0 Å². The van der Waals surface area contributed by atoms with Crippen molar-refractivity contribution in [3.8, 4) is 0 Å². The Kier molecular flexibility index (Phi) is 4.20. The maximum atomic E-state index is 13.2. The highest BCUT2D eigenvalue weighted by atomic mass is 19.1. The molecule has 0 aromatic carbocycles. The number of likely N-dealkylation sites (tertiary alicyclic amines) is 1. The molecular weight excluding hydrogens is 311 g/mol. The standard InChI is InChI=1S/C16H19FN6O/c1-10(13-7-20-14-4-2-3-5-23(13)14)21-16(24)11-8-22(9-11)15(19)12(17)6-18/h2-7,10-11,19H,8-9,18H2,1H3,(H,21,24). The Balaban J connectivity index is 1.59. The predicted molar refractivity (Wildman–Crippen MR) is 87.9 cm³/mol. The first-order chi connectivity index (χ1) is 11.5. The van der Waals surface area contributed by atoms with E-state index in [0.717, 1.165) is 17.5 Å². The van der Waals surface area contributed by atoms with Gasteiger partial charge in [-0.15, -0.1) is 0 Å². The van der Waals surface area contributed by atoms with Crippen molar-refractivity contribution in [3.05, 3.63) is 48.3 Å². The van der Waals surface area contributed by atoms with Crippen LogP contribution in [0.25, 0.3) is 5.65 Å². The van der Waals surface area contributed by atoms with Crippen LogP contribution in [0.5, 0.6) is 0 Å². The molecule has 8 heteroatoms. The van der Waals surface area contributed by atoms with Gasteiger partial charge in [-0.3, -0.25) is 10.2 Å². The zero-order valence-corrected chi connectivity index (χ0v) is 13.2. The summed E-state index contributed by atoms with van der Waals surface area (Å²) in [6, 6.07) is 5.50. The highest BCUT2D eigenvalue weighted by Crippen LogP contribution is 2.21. The van der Waals surface area contributed by atoms with Crippen LogP contribution in [0.3, 0.4) is 0 Å². The van der Waals surface area contributed by atoms with Gasteiger partial charge in [0, 0.05) is 25.5 Å². The number of amides is 1. The van der Waals surface area contributed by atoms with E-state index in [1.54, 1.807) is 6.20 Å². The number of nitrogens with two attached hydrogens (primary N) is 1. The second-order valence-electron chi connectivity index (χ2n) is 5.81. The van der Waals surface area contributed by atoms with Crippen molar-refractivity contribution < 1.29 is 9.18 Å². The lowest BCUT2D eigenvalue weighted by atomic mass is 9.98. The third kappa shape index (κ3) is 2.82. The number of halogens is 1. The molecule has 126 valence electrons. The number of hydrogen-bond donors (Lipinski definition) is 3. The molecule has 0 saturated carbocycles. The summed E-state index contributed by atoms with van der Waals surface area (Å²) in [6.45, 7) is 2.52. The number of amidine groups is 1. The van der Waals surface area contributed by atoms with Gasteiger partial charge < -0.3 is 20.4 Å². The molecule has 4 N–H and O–H groups in total. The Morgan fingerprint density at radius 1 is 1.54 bits per heavy atom. The molecule has 1 fully saturated rings. The molecule has 7 nitrogen and oxygen atoms in total. The molecule has 0 spiro atoms. The highest BCUT2D eigenvalue weighted by molar-refractivity contribution is 5.95. The van der Waals surface area contributed by atoms with Crippen LogP contribution in [0.4, 0.5) is 4.39 Å². The van der Waals surface area contributed by atoms with Crippen LogP contribution in [-0.2, 0) is 4.79 Å². The summed E-state index contributed by atoms with van der Waals surface area (Å²) in [6.07, 6.45) is 4.39. The number of aromatic nitrogens is 2. The summed E-state index contributed by atoms with van der Waals surface area (Å²) < 4.78 is 15.2. The van der Waals surface area contributed by atoms with E-state index in [2.05, 4.69) is 10.3 Å². The summed E-state index contributed by atoms with van der Waals surface area (Å²) in [4.78, 5) is 18.1. The Bertz CT molecular complexity index is 808. The van der Waals surface area contributed by atoms with Crippen molar-refractivity contribution in [1.82, 2.24) is 19.6 Å². The van der Waals surface area contributed by atoms with Gasteiger partial charge in [-0.05, 0) is 19.1 Å². The smallest absolute Gasteiger partial charge is 0.227 e. The second-order valence-corrected chi connectivity index (χ2v) is 5.81. The lowest BCUT2D eigenvalue weighted by Crippen LogP contribution is -2.56. The molecule has 2 aromatic heterocycles. The summed E-state index contributed by atoms with van der Waals surface area (Å²) in [7, 11) is 0. The van der Waals surface area contributed by atoms with Gasteiger partial charge in [-0.25, -0.2) is 9.37 Å². The first kappa shape index (κ1) is 16.0. The van der Waals surface area contributed by atoms with Gasteiger partial charge in [0.15, 0.2) is 11.7 Å². The molecule has 1 amide bonds. The van der Waals surface area contributed by atoms with Gasteiger partial charge in [0.25, 0.3) is 0 Å². The second kappa shape index (κ2) is 6.31. The quantitative estimate of drug-likeness (QED) is 0.579. The van der Waals surface area contributed by atoms with E-state index >= 15 is 0 Å². The van der Waals surface area contributed by atoms with E-state index in [-0.39, 0.29) is 23.7 Å². The molecule has 0 radical (unpaired) electrons. The fourth-order valence-electron chi connectivity index (χ4n) is 2.73. The lowest BCUT2D eigenvalue weighted by Gasteiger charge is -2.39. The SMILES string of the molecule is CC(NC(=O)C1CN(C(=N)C(F)=CN)C1)c1cnc2ccccn12. The number of carbonyl (C=O) groups excluding carboxylic acids is 1. The number of carbonyl (C=O) groups is 1. The molecule has 1 aliphatic rings. The minimum absolute atomic E-state index is 0.116. The van der Waals surface area contributed by atoms with E-state index in [9.17, 15) is 9.18 Å². The number of rotatable bonds is 4. The Labute approximate surface area is 138 Å². The normalized spacial score (nSPS) is 16.8. The summed E-state index contributed by atoms with van der Waals surface area (Å²) in [5.74, 6) is -1.45. The van der Waals surface area contributed by atoms with E-state index < -0.39 is 5.83 Å². The lowest BCUT2D eigenvalue weighted by molar-refractivity contribution is -0.129. The molecule has 0 bridgehead atoms. The number of nitrogens with one attached hydrogen (secondary N) is 2. The number of fused-ring (bicyclic) bond motifs is 1. The first-order valence-corrected chi connectivity index (χ1v) is 7.65. The Morgan fingerprint density at radius 3 is 3.00 bits per heavy atom. The van der Waals surface area contributed by atoms with Gasteiger partial charge in [-0.1, -0.05) is 6.07 Å². The van der Waals surface area contributed by atoms with Crippen molar-refractivity contribution >= 4 is 17.4 Å². The van der Waals surface area contributed by atoms with E-state index in [0.29, 0.717) is 13.1 Å². The fraction of sp³-hybridized carbons (Fsp3) is 0.312. The number of nitrogens with zero attached hydrogens (tertiary/aromatic N) is 3. The van der Waals surface area contributed by atoms with Gasteiger partial charge in [0.2, 0.25) is 5.91 Å². The third-order valence-electron chi connectivity index (χ3n) is 4.19. The first-order valence-electron chi connectivity index (χ1n) is 7.65. The molecule has 3 heterocycles. The number of hydrogen-bond acceptors (Lipinski definition) is 4. The van der Waals surface area contributed by atoms with Crippen molar-refractivity contribution in [3.63, 3.8) is 0 Å². The molecule has 24 heavy (non-hydrogen) atoms. The average Bonchev–Trinajstić information content (AvgIpc) is 2.96. The monoisotopic (exact) mass is 330 g/mol. The molecule has 2 aromatic rings. The molecule has 1 aliphatic heterocycles. The van der Waals surface area contributed by atoms with Gasteiger partial charge in [0.1, 0.15) is 5.65 Å². The maximum Gasteiger partial charge on any atom is 0.227 e. The van der Waals surface area contributed by atoms with Crippen LogP contribution in [0.1, 0.15) is 18.7 Å². The van der Waals surface area contributed by atoms with Crippen molar-refractivity contribution in [1.29, 1.82) is 5.41 Å². The zero-order chi connectivity index (χ0) is 17.3. The van der Waals surface area contributed by atoms with Crippen LogP contribution in [0.15, 0.2) is 42.6 Å². The van der Waals surface area contributed by atoms with Crippen molar-refractivity contribution in [2.75, 3.05) is 13.1 Å². The third-order valence-corrected chi connectivity index (χ3v) is 4.19. The predicted octanol–water partition coefficient (Wildman–Crippen LogP) is 1.19. The van der Waals surface area contributed by atoms with Crippen LogP contribution < -0.4 is 11.1 Å². The topological polar surface area (TPSA) is 99.5 Å². The molecule has 3 rings (SSSR count). The van der Waals surface area contributed by atoms with Crippen LogP contribution >= 0.6 is 0 Å². The molecule has 1 saturated heterocycles. The molecular formula is C16H19FN6O. The van der Waals surface area contributed by atoms with E-state index in [1.165, 1.54) is 4.90 Å². The molecule has 1 unspecified atom stereocenters. The largest absolute Gasteiger partial charge is 0.402 e. The van der Waals surface area contributed by atoms with Crippen LogP contribution in [-0.4, -0.2) is 39.1 Å². The van der Waals surface area contributed by atoms with Gasteiger partial charge in [-0.2, -0.15) is 0 Å². The fourth-order valence-corrected chi connectivity index (χ4v) is 2.73. The molecule has 1 atom stereocenters. The number of imidazole rings is 1. The maximum absolute atomic E-state index is 13.2. The van der Waals surface area contributed by atoms with E-state index in [1.807, 2.05) is 35.7 Å². The highest BCUT2D eigenvalue weighted by Gasteiger charge is 2.35. The summed E-state index contributed by atoms with van der Waals surface area (Å²) >= 11 is 0. The summed E-state index contributed by atoms with van der Waals surface area (Å²) in [5.41, 5.74) is 6.77. The number of pyridine rings is 1. The van der Waals surface area contributed by atoms with Crippen LogP contribution in [0.2, 0.25) is 0 Å². The Hall–Kier alpha value is -2.90. The Morgan fingerprint density at radius 2 is 2.29 bits per heavy atom. The van der Waals surface area contributed by atoms with Crippen molar-refractivity contribution in [2.24, 2.45) is 11.7 Å². The average molecular weight is 330 g/mol. The van der Waals surface area contributed by atoms with Crippen molar-refractivity contribution in [2.45, 2.75) is 13.0 Å². The summed E-state index contributed by atoms with van der Waals surface area (Å²) in [5, 5.41) is 10.5. The van der Waals surface area contributed by atoms with Crippen LogP contribution in [0, 0.1) is 11.3 Å². The molecule has 0 aliphatic carbocycles. The minimum atomic E-state index is -0.784. The van der Waals surface area contributed by atoms with Gasteiger partial charge in [0.05, 0.1) is 23.9 Å². The van der Waals surface area contributed by atoms with E-state index in [4.69, 9.17) is 11.1 Å². The minimum Gasteiger partial charge on any atom is -0.402 e.